The smallest absolute Gasteiger partial charge is 0.123 e. The van der Waals surface area contributed by atoms with Crippen molar-refractivity contribution in [2.24, 2.45) is 0 Å². The van der Waals surface area contributed by atoms with Crippen LogP contribution in [0.2, 0.25) is 0 Å². The summed E-state index contributed by atoms with van der Waals surface area (Å²) in [6.07, 6.45) is 1.86. The topological polar surface area (TPSA) is 29.9 Å². The van der Waals surface area contributed by atoms with E-state index >= 15 is 0 Å². The second kappa shape index (κ2) is 2.60. The van der Waals surface area contributed by atoms with Gasteiger partial charge in [-0.05, 0) is 22.9 Å². The number of nitrogens with one attached hydrogen (secondary N) is 1. The molecule has 1 atom stereocenters. The van der Waals surface area contributed by atoms with Gasteiger partial charge >= 0.3 is 0 Å². The van der Waals surface area contributed by atoms with Crippen LogP contribution in [0, 0.1) is 0 Å². The molecule has 60 valence electrons. The number of imidazole rings is 1. The molecule has 4 heteroatoms. The van der Waals surface area contributed by atoms with E-state index in [1.54, 1.807) is 0 Å². The first-order valence-electron chi connectivity index (χ1n) is 3.70. The highest BCUT2D eigenvalue weighted by Gasteiger charge is 2.16. The first kappa shape index (κ1) is 7.31. The lowest BCUT2D eigenvalue weighted by Gasteiger charge is -2.22. The Morgan fingerprint density at radius 1 is 1.82 bits per heavy atom. The van der Waals surface area contributed by atoms with E-state index in [0.29, 0.717) is 6.04 Å². The first-order chi connectivity index (χ1) is 5.27. The van der Waals surface area contributed by atoms with Gasteiger partial charge in [-0.15, -0.1) is 0 Å². The standard InChI is InChI=1S/C7H10BrN3/c1-5-4-11-6(8)2-10-7(11)3-9-5/h2,5,9H,3-4H2,1H3. The van der Waals surface area contributed by atoms with Gasteiger partial charge in [-0.1, -0.05) is 0 Å². The van der Waals surface area contributed by atoms with Crippen LogP contribution in [0.5, 0.6) is 0 Å². The highest BCUT2D eigenvalue weighted by molar-refractivity contribution is 9.10. The van der Waals surface area contributed by atoms with Crippen LogP contribution >= 0.6 is 15.9 Å². The normalized spacial score (nSPS) is 23.3. The van der Waals surface area contributed by atoms with Gasteiger partial charge in [0.2, 0.25) is 0 Å². The second-order valence-electron chi connectivity index (χ2n) is 2.89. The van der Waals surface area contributed by atoms with Crippen molar-refractivity contribution in [1.82, 2.24) is 14.9 Å². The van der Waals surface area contributed by atoms with E-state index in [2.05, 4.69) is 37.7 Å². The highest BCUT2D eigenvalue weighted by Crippen LogP contribution is 2.16. The van der Waals surface area contributed by atoms with E-state index in [9.17, 15) is 0 Å². The largest absolute Gasteiger partial charge is 0.320 e. The third-order valence-electron chi connectivity index (χ3n) is 1.95. The molecule has 0 amide bonds. The molecular formula is C7H10BrN3. The molecule has 0 saturated heterocycles. The van der Waals surface area contributed by atoms with Crippen molar-refractivity contribution in [3.8, 4) is 0 Å². The number of aromatic nitrogens is 2. The predicted molar refractivity (Wildman–Crippen MR) is 46.2 cm³/mol. The van der Waals surface area contributed by atoms with Gasteiger partial charge in [0, 0.05) is 12.6 Å². The molecular weight excluding hydrogens is 206 g/mol. The Balaban J connectivity index is 2.37. The number of nitrogens with zero attached hydrogens (tertiary/aromatic N) is 2. The van der Waals surface area contributed by atoms with Gasteiger partial charge in [0.25, 0.3) is 0 Å². The van der Waals surface area contributed by atoms with Crippen LogP contribution in [0.1, 0.15) is 12.7 Å². The van der Waals surface area contributed by atoms with Gasteiger partial charge < -0.3 is 9.88 Å². The maximum Gasteiger partial charge on any atom is 0.123 e. The zero-order chi connectivity index (χ0) is 7.84. The average Bonchev–Trinajstić information content (AvgIpc) is 2.33. The van der Waals surface area contributed by atoms with Gasteiger partial charge in [0.15, 0.2) is 0 Å². The lowest BCUT2D eigenvalue weighted by atomic mass is 10.3. The summed E-state index contributed by atoms with van der Waals surface area (Å²) >= 11 is 3.45. The molecule has 1 aliphatic rings. The van der Waals surface area contributed by atoms with E-state index in [0.717, 1.165) is 23.5 Å². The molecule has 0 radical (unpaired) electrons. The van der Waals surface area contributed by atoms with Crippen LogP contribution in [0.4, 0.5) is 0 Å². The second-order valence-corrected chi connectivity index (χ2v) is 3.70. The summed E-state index contributed by atoms with van der Waals surface area (Å²) in [5.74, 6) is 1.12. The minimum atomic E-state index is 0.549. The van der Waals surface area contributed by atoms with Gasteiger partial charge in [-0.2, -0.15) is 0 Å². The lowest BCUT2D eigenvalue weighted by molar-refractivity contribution is 0.406. The molecule has 2 rings (SSSR count). The van der Waals surface area contributed by atoms with Crippen molar-refractivity contribution in [1.29, 1.82) is 0 Å². The summed E-state index contributed by atoms with van der Waals surface area (Å²) in [5.41, 5.74) is 0. The molecule has 11 heavy (non-hydrogen) atoms. The summed E-state index contributed by atoms with van der Waals surface area (Å²) in [6, 6.07) is 0.549. The van der Waals surface area contributed by atoms with Crippen molar-refractivity contribution in [2.45, 2.75) is 26.1 Å². The van der Waals surface area contributed by atoms with Crippen LogP contribution in [-0.2, 0) is 13.1 Å². The summed E-state index contributed by atoms with van der Waals surface area (Å²) < 4.78 is 3.28. The van der Waals surface area contributed by atoms with E-state index in [1.807, 2.05) is 6.20 Å². The van der Waals surface area contributed by atoms with E-state index in [1.165, 1.54) is 0 Å². The molecule has 3 nitrogen and oxygen atoms in total. The molecule has 2 heterocycles. The Morgan fingerprint density at radius 3 is 3.45 bits per heavy atom. The number of hydrogen-bond acceptors (Lipinski definition) is 2. The van der Waals surface area contributed by atoms with E-state index in [-0.39, 0.29) is 0 Å². The van der Waals surface area contributed by atoms with Crippen molar-refractivity contribution in [2.75, 3.05) is 0 Å². The first-order valence-corrected chi connectivity index (χ1v) is 4.50. The Hall–Kier alpha value is -0.350. The highest BCUT2D eigenvalue weighted by atomic mass is 79.9. The summed E-state index contributed by atoms with van der Waals surface area (Å²) in [4.78, 5) is 4.24. The predicted octanol–water partition coefficient (Wildman–Crippen LogP) is 1.14. The average molecular weight is 216 g/mol. The summed E-state index contributed by atoms with van der Waals surface area (Å²) in [7, 11) is 0. The quantitative estimate of drug-likeness (QED) is 0.704. The third-order valence-corrected chi connectivity index (χ3v) is 2.59. The fourth-order valence-corrected chi connectivity index (χ4v) is 1.78. The Kier molecular flexibility index (Phi) is 1.73. The Morgan fingerprint density at radius 2 is 2.64 bits per heavy atom. The van der Waals surface area contributed by atoms with Gasteiger partial charge in [0.05, 0.1) is 12.7 Å². The van der Waals surface area contributed by atoms with E-state index in [4.69, 9.17) is 0 Å². The van der Waals surface area contributed by atoms with Crippen LogP contribution in [0.15, 0.2) is 10.8 Å². The third kappa shape index (κ3) is 1.20. The minimum Gasteiger partial charge on any atom is -0.320 e. The molecule has 0 saturated carbocycles. The fraction of sp³-hybridized carbons (Fsp3) is 0.571. The molecule has 0 aromatic carbocycles. The number of hydrogen-bond donors (Lipinski definition) is 1. The number of rotatable bonds is 0. The summed E-state index contributed by atoms with van der Waals surface area (Å²) in [5, 5.41) is 3.35. The van der Waals surface area contributed by atoms with Crippen LogP contribution in [0.3, 0.4) is 0 Å². The maximum atomic E-state index is 4.24. The molecule has 1 aromatic heterocycles. The molecule has 1 aliphatic heterocycles. The van der Waals surface area contributed by atoms with Crippen LogP contribution in [-0.4, -0.2) is 15.6 Å². The molecule has 0 aliphatic carbocycles. The minimum absolute atomic E-state index is 0.549. The van der Waals surface area contributed by atoms with Crippen molar-refractivity contribution < 1.29 is 0 Å². The lowest BCUT2D eigenvalue weighted by Crippen LogP contribution is -2.36. The molecule has 0 fully saturated rings. The Labute approximate surface area is 73.9 Å². The molecule has 1 N–H and O–H groups in total. The Bertz CT molecular complexity index is 269. The van der Waals surface area contributed by atoms with Gasteiger partial charge in [-0.3, -0.25) is 0 Å². The number of fused-ring (bicyclic) bond motifs is 1. The molecule has 0 spiro atoms. The number of halogens is 1. The monoisotopic (exact) mass is 215 g/mol. The van der Waals surface area contributed by atoms with Crippen molar-refractivity contribution >= 4 is 15.9 Å². The molecule has 0 bridgehead atoms. The van der Waals surface area contributed by atoms with Gasteiger partial charge in [-0.25, -0.2) is 4.98 Å². The van der Waals surface area contributed by atoms with Crippen molar-refractivity contribution in [3.05, 3.63) is 16.6 Å². The van der Waals surface area contributed by atoms with Gasteiger partial charge in [0.1, 0.15) is 10.4 Å². The summed E-state index contributed by atoms with van der Waals surface area (Å²) in [6.45, 7) is 4.07. The maximum absolute atomic E-state index is 4.24. The molecule has 1 unspecified atom stereocenters. The fourth-order valence-electron chi connectivity index (χ4n) is 1.33. The van der Waals surface area contributed by atoms with E-state index < -0.39 is 0 Å². The zero-order valence-corrected chi connectivity index (χ0v) is 7.93. The molecule has 1 aromatic rings. The van der Waals surface area contributed by atoms with Crippen LogP contribution in [0.25, 0.3) is 0 Å². The van der Waals surface area contributed by atoms with Crippen LogP contribution < -0.4 is 5.32 Å². The SMILES string of the molecule is CC1Cn2c(Br)cnc2CN1. The van der Waals surface area contributed by atoms with Crippen molar-refractivity contribution in [3.63, 3.8) is 0 Å². The zero-order valence-electron chi connectivity index (χ0n) is 6.34.